The molecular weight excluding hydrogens is 204 g/mol. The molecule has 4 nitrogen and oxygen atoms in total. The summed E-state index contributed by atoms with van der Waals surface area (Å²) in [6.45, 7) is 8.04. The lowest BCUT2D eigenvalue weighted by Crippen LogP contribution is -2.38. The van der Waals surface area contributed by atoms with Crippen LogP contribution in [0.15, 0.2) is 0 Å². The molecule has 0 N–H and O–H groups in total. The van der Waals surface area contributed by atoms with Gasteiger partial charge in [0.15, 0.2) is 5.78 Å². The molecule has 92 valence electrons. The van der Waals surface area contributed by atoms with Crippen LogP contribution < -0.4 is 0 Å². The van der Waals surface area contributed by atoms with Crippen LogP contribution in [0, 0.1) is 16.7 Å². The van der Waals surface area contributed by atoms with Gasteiger partial charge < -0.3 is 4.74 Å². The molecule has 0 aromatic carbocycles. The average Bonchev–Trinajstić information content (AvgIpc) is 2.20. The van der Waals surface area contributed by atoms with Crippen LogP contribution in [-0.2, 0) is 9.53 Å². The van der Waals surface area contributed by atoms with Gasteiger partial charge in [-0.2, -0.15) is 5.26 Å². The Kier molecular flexibility index (Phi) is 6.95. The van der Waals surface area contributed by atoms with Crippen molar-refractivity contribution in [2.24, 2.45) is 5.41 Å². The fourth-order valence-corrected chi connectivity index (χ4v) is 1.14. The molecule has 0 amide bonds. The van der Waals surface area contributed by atoms with E-state index in [1.54, 1.807) is 7.11 Å². The van der Waals surface area contributed by atoms with Crippen molar-refractivity contribution in [2.45, 2.75) is 27.2 Å². The van der Waals surface area contributed by atoms with Gasteiger partial charge in [-0.15, -0.1) is 0 Å². The second-order valence-electron chi connectivity index (χ2n) is 4.85. The first-order valence-corrected chi connectivity index (χ1v) is 5.53. The predicted molar refractivity (Wildman–Crippen MR) is 63.0 cm³/mol. The maximum absolute atomic E-state index is 11.8. The third-order valence-corrected chi connectivity index (χ3v) is 2.36. The number of hydrogen-bond donors (Lipinski definition) is 0. The Morgan fingerprint density at radius 2 is 2.00 bits per heavy atom. The number of nitriles is 1. The molecule has 0 spiro atoms. The van der Waals surface area contributed by atoms with Gasteiger partial charge in [-0.05, 0) is 0 Å². The molecule has 0 aromatic rings. The maximum Gasteiger partial charge on any atom is 0.152 e. The minimum atomic E-state index is -0.321. The number of carbonyl (C=O) groups excluding carboxylic acids is 1. The van der Waals surface area contributed by atoms with Gasteiger partial charge in [-0.1, -0.05) is 20.8 Å². The van der Waals surface area contributed by atoms with Crippen molar-refractivity contribution >= 4 is 5.78 Å². The highest BCUT2D eigenvalue weighted by Crippen LogP contribution is 2.15. The van der Waals surface area contributed by atoms with E-state index in [9.17, 15) is 4.79 Å². The van der Waals surface area contributed by atoms with Crippen molar-refractivity contribution in [3.8, 4) is 6.07 Å². The van der Waals surface area contributed by atoms with Crippen molar-refractivity contribution < 1.29 is 9.53 Å². The van der Waals surface area contributed by atoms with Crippen LogP contribution in [0.4, 0.5) is 0 Å². The van der Waals surface area contributed by atoms with Gasteiger partial charge in [0.05, 0.1) is 19.2 Å². The van der Waals surface area contributed by atoms with Crippen molar-refractivity contribution in [1.29, 1.82) is 5.26 Å². The summed E-state index contributed by atoms with van der Waals surface area (Å²) < 4.78 is 4.98. The first kappa shape index (κ1) is 15.1. The highest BCUT2D eigenvalue weighted by molar-refractivity contribution is 5.85. The Morgan fingerprint density at radius 1 is 1.38 bits per heavy atom. The van der Waals surface area contributed by atoms with Gasteiger partial charge in [-0.3, -0.25) is 9.69 Å². The molecule has 0 heterocycles. The molecule has 4 heteroatoms. The molecule has 0 aliphatic carbocycles. The van der Waals surface area contributed by atoms with E-state index in [1.807, 2.05) is 25.7 Å². The first-order valence-electron chi connectivity index (χ1n) is 5.53. The van der Waals surface area contributed by atoms with Crippen molar-refractivity contribution in [1.82, 2.24) is 4.90 Å². The first-order chi connectivity index (χ1) is 7.41. The summed E-state index contributed by atoms with van der Waals surface area (Å²) in [4.78, 5) is 13.8. The van der Waals surface area contributed by atoms with Crippen LogP contribution in [0.3, 0.4) is 0 Å². The molecule has 0 atom stereocenters. The van der Waals surface area contributed by atoms with Gasteiger partial charge in [-0.25, -0.2) is 0 Å². The standard InChI is InChI=1S/C12H22N2O2/c1-12(2,3)11(15)10-14(7-5-6-13)8-9-16-4/h5,7-10H2,1-4H3. The summed E-state index contributed by atoms with van der Waals surface area (Å²) in [7, 11) is 1.63. The number of Topliss-reactive ketones (excluding diaryl/α,β-unsaturated/α-hetero) is 1. The van der Waals surface area contributed by atoms with Gasteiger partial charge in [0.25, 0.3) is 0 Å². The summed E-state index contributed by atoms with van der Waals surface area (Å²) >= 11 is 0. The third kappa shape index (κ3) is 6.54. The van der Waals surface area contributed by atoms with E-state index < -0.39 is 0 Å². The highest BCUT2D eigenvalue weighted by Gasteiger charge is 2.23. The SMILES string of the molecule is COCCN(CCC#N)CC(=O)C(C)(C)C. The summed E-state index contributed by atoms with van der Waals surface area (Å²) in [5, 5.41) is 8.54. The van der Waals surface area contributed by atoms with Crippen LogP contribution in [0.5, 0.6) is 0 Å². The Hall–Kier alpha value is -0.920. The van der Waals surface area contributed by atoms with E-state index in [0.29, 0.717) is 32.7 Å². The molecule has 0 radical (unpaired) electrons. The lowest BCUT2D eigenvalue weighted by atomic mass is 9.90. The Balaban J connectivity index is 4.20. The summed E-state index contributed by atoms with van der Waals surface area (Å²) in [6, 6.07) is 2.09. The molecule has 16 heavy (non-hydrogen) atoms. The summed E-state index contributed by atoms with van der Waals surface area (Å²) in [5.41, 5.74) is -0.321. The predicted octanol–water partition coefficient (Wildman–Crippen LogP) is 1.46. The van der Waals surface area contributed by atoms with E-state index in [2.05, 4.69) is 6.07 Å². The molecular formula is C12H22N2O2. The van der Waals surface area contributed by atoms with Gasteiger partial charge in [0.1, 0.15) is 0 Å². The van der Waals surface area contributed by atoms with E-state index in [1.165, 1.54) is 0 Å². The van der Waals surface area contributed by atoms with Crippen LogP contribution in [-0.4, -0.2) is 44.0 Å². The third-order valence-electron chi connectivity index (χ3n) is 2.36. The minimum absolute atomic E-state index is 0.196. The zero-order chi connectivity index (χ0) is 12.6. The fraction of sp³-hybridized carbons (Fsp3) is 0.833. The number of ether oxygens (including phenoxy) is 1. The van der Waals surface area contributed by atoms with E-state index in [-0.39, 0.29) is 11.2 Å². The van der Waals surface area contributed by atoms with Crippen LogP contribution in [0.25, 0.3) is 0 Å². The molecule has 0 aliphatic rings. The smallest absolute Gasteiger partial charge is 0.152 e. The monoisotopic (exact) mass is 226 g/mol. The Labute approximate surface area is 98.2 Å². The van der Waals surface area contributed by atoms with E-state index in [4.69, 9.17) is 10.00 Å². The number of nitrogens with zero attached hydrogens (tertiary/aromatic N) is 2. The second kappa shape index (κ2) is 7.37. The molecule has 0 aliphatic heterocycles. The zero-order valence-corrected chi connectivity index (χ0v) is 10.7. The van der Waals surface area contributed by atoms with Crippen molar-refractivity contribution in [3.05, 3.63) is 0 Å². The van der Waals surface area contributed by atoms with Crippen LogP contribution in [0.2, 0.25) is 0 Å². The molecule has 0 unspecified atom stereocenters. The van der Waals surface area contributed by atoms with Gasteiger partial charge >= 0.3 is 0 Å². The van der Waals surface area contributed by atoms with Crippen LogP contribution >= 0.6 is 0 Å². The fourth-order valence-electron chi connectivity index (χ4n) is 1.14. The molecule has 0 rings (SSSR count). The zero-order valence-electron chi connectivity index (χ0n) is 10.7. The lowest BCUT2D eigenvalue weighted by molar-refractivity contribution is -0.127. The van der Waals surface area contributed by atoms with Gasteiger partial charge in [0, 0.05) is 32.0 Å². The largest absolute Gasteiger partial charge is 0.383 e. The maximum atomic E-state index is 11.8. The van der Waals surface area contributed by atoms with E-state index in [0.717, 1.165) is 0 Å². The van der Waals surface area contributed by atoms with Gasteiger partial charge in [0.2, 0.25) is 0 Å². The highest BCUT2D eigenvalue weighted by atomic mass is 16.5. The Bertz CT molecular complexity index is 251. The molecule has 0 fully saturated rings. The number of rotatable bonds is 7. The molecule has 0 saturated heterocycles. The number of ketones is 1. The summed E-state index contributed by atoms with van der Waals surface area (Å²) in [6.07, 6.45) is 0.446. The van der Waals surface area contributed by atoms with Crippen LogP contribution in [0.1, 0.15) is 27.2 Å². The Morgan fingerprint density at radius 3 is 2.44 bits per heavy atom. The summed E-state index contributed by atoms with van der Waals surface area (Å²) in [5.74, 6) is 0.196. The topological polar surface area (TPSA) is 53.3 Å². The number of methoxy groups -OCH3 is 1. The quantitative estimate of drug-likeness (QED) is 0.659. The van der Waals surface area contributed by atoms with Crippen molar-refractivity contribution in [3.63, 3.8) is 0 Å². The normalized spacial score (nSPS) is 11.5. The van der Waals surface area contributed by atoms with Crippen molar-refractivity contribution in [2.75, 3.05) is 33.4 Å². The molecule has 0 bridgehead atoms. The number of hydrogen-bond acceptors (Lipinski definition) is 4. The molecule has 0 saturated carbocycles. The number of carbonyl (C=O) groups is 1. The van der Waals surface area contributed by atoms with E-state index >= 15 is 0 Å². The molecule has 0 aromatic heterocycles. The average molecular weight is 226 g/mol. The second-order valence-corrected chi connectivity index (χ2v) is 4.85. The minimum Gasteiger partial charge on any atom is -0.383 e. The lowest BCUT2D eigenvalue weighted by Gasteiger charge is -2.24.